The minimum Gasteiger partial charge on any atom is -0.405 e. The molecule has 1 saturated carbocycles. The Morgan fingerprint density at radius 2 is 1.85 bits per heavy atom. The van der Waals surface area contributed by atoms with Crippen LogP contribution in [0.1, 0.15) is 36.8 Å². The SMILES string of the molecule is CO[N+](=O)c1cnc(NCc2ccccc2OC(F)(F)F)nc1NCC1CCC(=NC(=O)Cc2ccncc2)CC1. The summed E-state index contributed by atoms with van der Waals surface area (Å²) < 4.78 is 42.3. The summed E-state index contributed by atoms with van der Waals surface area (Å²) in [5, 5.41) is 6.04. The fraction of sp³-hybridized carbons (Fsp3) is 0.370. The summed E-state index contributed by atoms with van der Waals surface area (Å²) in [7, 11) is 1.21. The summed E-state index contributed by atoms with van der Waals surface area (Å²) in [6.07, 6.45) is 2.89. The molecule has 1 aromatic carbocycles. The molecule has 1 aliphatic rings. The third-order valence-electron chi connectivity index (χ3n) is 6.40. The zero-order chi connectivity index (χ0) is 29.2. The lowest BCUT2D eigenvalue weighted by Crippen LogP contribution is -2.23. The summed E-state index contributed by atoms with van der Waals surface area (Å²) in [5.74, 6) is 0.00000706. The number of hydrogen-bond acceptors (Lipinski definition) is 9. The number of pyridine rings is 1. The smallest absolute Gasteiger partial charge is 0.405 e. The normalized spacial score (nSPS) is 15.1. The number of rotatable bonds is 11. The number of carbonyl (C=O) groups is 1. The number of aliphatic imine (C=N–C) groups is 1. The van der Waals surface area contributed by atoms with Gasteiger partial charge in [0.1, 0.15) is 11.9 Å². The van der Waals surface area contributed by atoms with Gasteiger partial charge in [0.2, 0.25) is 17.7 Å². The topological polar surface area (TPSA) is 131 Å². The molecule has 3 aromatic rings. The molecule has 0 aliphatic heterocycles. The van der Waals surface area contributed by atoms with Gasteiger partial charge in [-0.1, -0.05) is 18.2 Å². The molecule has 0 radical (unpaired) electrons. The number of ether oxygens (including phenoxy) is 1. The van der Waals surface area contributed by atoms with Gasteiger partial charge in [0.05, 0.1) is 11.3 Å². The Kier molecular flexibility index (Phi) is 9.77. The fourth-order valence-electron chi connectivity index (χ4n) is 4.33. The predicted molar refractivity (Wildman–Crippen MR) is 144 cm³/mol. The number of halogens is 3. The van der Waals surface area contributed by atoms with E-state index in [0.717, 1.165) is 24.1 Å². The average molecular weight is 573 g/mol. The van der Waals surface area contributed by atoms with Gasteiger partial charge in [-0.25, -0.2) is 14.8 Å². The second-order valence-corrected chi connectivity index (χ2v) is 9.30. The number of alkyl halides is 3. The largest absolute Gasteiger partial charge is 0.573 e. The minimum absolute atomic E-state index is 0.0404. The van der Waals surface area contributed by atoms with Crippen molar-refractivity contribution in [1.82, 2.24) is 15.0 Å². The Morgan fingerprint density at radius 1 is 1.12 bits per heavy atom. The molecule has 11 nitrogen and oxygen atoms in total. The lowest BCUT2D eigenvalue weighted by Gasteiger charge is -2.23. The van der Waals surface area contributed by atoms with Crippen molar-refractivity contribution in [2.45, 2.75) is 45.0 Å². The van der Waals surface area contributed by atoms with E-state index < -0.39 is 6.36 Å². The number of nitrogens with zero attached hydrogens (tertiary/aromatic N) is 5. The minimum atomic E-state index is -4.83. The maximum atomic E-state index is 12.7. The number of hydrogen-bond donors (Lipinski definition) is 2. The van der Waals surface area contributed by atoms with E-state index in [-0.39, 0.29) is 58.5 Å². The second kappa shape index (κ2) is 13.6. The number of nitrogens with one attached hydrogen (secondary N) is 2. The first-order chi connectivity index (χ1) is 19.7. The van der Waals surface area contributed by atoms with Gasteiger partial charge in [-0.05, 0) is 55.4 Å². The maximum absolute atomic E-state index is 12.7. The summed E-state index contributed by atoms with van der Waals surface area (Å²) in [6.45, 7) is 0.433. The summed E-state index contributed by atoms with van der Waals surface area (Å²) in [4.78, 5) is 46.2. The van der Waals surface area contributed by atoms with Gasteiger partial charge < -0.3 is 15.4 Å². The number of amides is 1. The molecule has 0 spiro atoms. The summed E-state index contributed by atoms with van der Waals surface area (Å²) in [5.41, 5.74) is 2.02. The van der Waals surface area contributed by atoms with Crippen molar-refractivity contribution in [3.8, 4) is 5.75 Å². The van der Waals surface area contributed by atoms with Crippen molar-refractivity contribution in [2.24, 2.45) is 10.9 Å². The van der Waals surface area contributed by atoms with E-state index in [9.17, 15) is 22.9 Å². The molecule has 2 aromatic heterocycles. The van der Waals surface area contributed by atoms with Crippen LogP contribution in [0.3, 0.4) is 0 Å². The molecule has 0 unspecified atom stereocenters. The molecule has 216 valence electrons. The highest BCUT2D eigenvalue weighted by molar-refractivity contribution is 5.96. The van der Waals surface area contributed by atoms with Crippen LogP contribution in [0.15, 0.2) is 60.0 Å². The van der Waals surface area contributed by atoms with Gasteiger partial charge in [0.25, 0.3) is 4.92 Å². The van der Waals surface area contributed by atoms with Crippen molar-refractivity contribution in [2.75, 3.05) is 24.3 Å². The van der Waals surface area contributed by atoms with Gasteiger partial charge in [-0.15, -0.1) is 13.2 Å². The second-order valence-electron chi connectivity index (χ2n) is 9.30. The quantitative estimate of drug-likeness (QED) is 0.299. The van der Waals surface area contributed by atoms with Gasteiger partial charge in [-0.2, -0.15) is 4.98 Å². The third kappa shape index (κ3) is 8.95. The van der Waals surface area contributed by atoms with E-state index in [4.69, 9.17) is 4.84 Å². The zero-order valence-electron chi connectivity index (χ0n) is 22.2. The molecule has 1 fully saturated rings. The van der Waals surface area contributed by atoms with Crippen molar-refractivity contribution >= 4 is 29.1 Å². The number of aromatic nitrogens is 3. The molecule has 1 aliphatic carbocycles. The Labute approximate surface area is 233 Å². The Bertz CT molecular complexity index is 1380. The van der Waals surface area contributed by atoms with Crippen LogP contribution < -0.4 is 15.4 Å². The van der Waals surface area contributed by atoms with Crippen molar-refractivity contribution < 1.29 is 32.5 Å². The average Bonchev–Trinajstić information content (AvgIpc) is 2.95. The van der Waals surface area contributed by atoms with E-state index in [1.54, 1.807) is 30.6 Å². The molecule has 2 N–H and O–H groups in total. The van der Waals surface area contributed by atoms with Crippen LogP contribution in [0, 0.1) is 10.8 Å². The fourth-order valence-corrected chi connectivity index (χ4v) is 4.33. The van der Waals surface area contributed by atoms with Crippen LogP contribution in [-0.2, 0) is 22.6 Å². The first kappa shape index (κ1) is 29.4. The van der Waals surface area contributed by atoms with E-state index in [1.807, 2.05) is 0 Å². The first-order valence-corrected chi connectivity index (χ1v) is 12.9. The maximum Gasteiger partial charge on any atom is 0.573 e. The molecular formula is C27H29F3N7O4+. The van der Waals surface area contributed by atoms with E-state index >= 15 is 0 Å². The van der Waals surface area contributed by atoms with Crippen molar-refractivity contribution in [3.05, 3.63) is 71.0 Å². The zero-order valence-corrected chi connectivity index (χ0v) is 22.2. The van der Waals surface area contributed by atoms with Gasteiger partial charge >= 0.3 is 12.0 Å². The molecule has 14 heteroatoms. The molecule has 1 amide bonds. The highest BCUT2D eigenvalue weighted by Gasteiger charge is 2.32. The molecular weight excluding hydrogens is 543 g/mol. The molecule has 2 heterocycles. The first-order valence-electron chi connectivity index (χ1n) is 12.9. The summed E-state index contributed by atoms with van der Waals surface area (Å²) >= 11 is 0. The Balaban J connectivity index is 1.35. The predicted octanol–water partition coefficient (Wildman–Crippen LogP) is 5.17. The Hall–Kier alpha value is -4.62. The highest BCUT2D eigenvalue weighted by Crippen LogP contribution is 2.29. The summed E-state index contributed by atoms with van der Waals surface area (Å²) in [6, 6.07) is 9.30. The number of para-hydroxylation sites is 1. The van der Waals surface area contributed by atoms with Crippen LogP contribution in [0.4, 0.5) is 30.6 Å². The highest BCUT2D eigenvalue weighted by atomic mass is 19.4. The lowest BCUT2D eigenvalue weighted by atomic mass is 9.88. The van der Waals surface area contributed by atoms with Crippen molar-refractivity contribution in [3.63, 3.8) is 0 Å². The van der Waals surface area contributed by atoms with Crippen LogP contribution in [0.25, 0.3) is 0 Å². The number of anilines is 2. The standard InChI is InChI=1S/C27H29F3N7O4/c1-40-37(39)22-17-34-26(33-16-20-4-2-3-5-23(20)41-27(28,29)30)36-25(22)32-15-19-6-8-21(9-7-19)35-24(38)14-18-10-12-31-13-11-18/h2-5,10-13,17,19H,6-9,14-16H2,1H3,(H2,32,33,34,36)/q+1. The molecule has 0 saturated heterocycles. The van der Waals surface area contributed by atoms with Gasteiger partial charge in [0, 0.05) is 36.8 Å². The molecule has 41 heavy (non-hydrogen) atoms. The Morgan fingerprint density at radius 3 is 2.56 bits per heavy atom. The van der Waals surface area contributed by atoms with E-state index in [0.29, 0.717) is 19.4 Å². The number of carbonyl (C=O) groups excluding carboxylic acids is 1. The molecule has 4 rings (SSSR count). The van der Waals surface area contributed by atoms with Gasteiger partial charge in [-0.3, -0.25) is 9.78 Å². The van der Waals surface area contributed by atoms with Crippen LogP contribution in [-0.4, -0.2) is 51.5 Å². The third-order valence-corrected chi connectivity index (χ3v) is 6.40. The van der Waals surface area contributed by atoms with Crippen molar-refractivity contribution in [1.29, 1.82) is 0 Å². The van der Waals surface area contributed by atoms with Crippen LogP contribution in [0.5, 0.6) is 5.75 Å². The number of benzene rings is 1. The van der Waals surface area contributed by atoms with Gasteiger partial charge in [0.15, 0.2) is 7.11 Å². The van der Waals surface area contributed by atoms with Crippen LogP contribution in [0.2, 0.25) is 0 Å². The van der Waals surface area contributed by atoms with E-state index in [1.165, 1.54) is 31.5 Å². The van der Waals surface area contributed by atoms with E-state index in [2.05, 4.69) is 35.3 Å². The molecule has 0 bridgehead atoms. The molecule has 0 atom stereocenters. The monoisotopic (exact) mass is 572 g/mol. The van der Waals surface area contributed by atoms with Crippen LogP contribution >= 0.6 is 0 Å². The lowest BCUT2D eigenvalue weighted by molar-refractivity contribution is -0.736.